The van der Waals surface area contributed by atoms with E-state index < -0.39 is 0 Å². The summed E-state index contributed by atoms with van der Waals surface area (Å²) in [5.74, 6) is 1.53. The average molecular weight is 302 g/mol. The number of aromatic nitrogens is 3. The Morgan fingerprint density at radius 1 is 1.45 bits per heavy atom. The second-order valence-corrected chi connectivity index (χ2v) is 4.90. The molecule has 0 aliphatic carbocycles. The van der Waals surface area contributed by atoms with Gasteiger partial charge in [0.1, 0.15) is 0 Å². The van der Waals surface area contributed by atoms with Crippen molar-refractivity contribution in [3.05, 3.63) is 42.4 Å². The molecule has 0 saturated carbocycles. The molecule has 2 aromatic rings. The SMILES string of the molecule is CN=C(NCc1ccnc(-n2cccn2)c1)NC(C)COC. The van der Waals surface area contributed by atoms with Gasteiger partial charge < -0.3 is 15.4 Å². The number of pyridine rings is 1. The maximum Gasteiger partial charge on any atom is 0.191 e. The van der Waals surface area contributed by atoms with Gasteiger partial charge in [0.2, 0.25) is 0 Å². The number of rotatable bonds is 6. The predicted molar refractivity (Wildman–Crippen MR) is 86.0 cm³/mol. The van der Waals surface area contributed by atoms with Crippen LogP contribution in [0.3, 0.4) is 0 Å². The highest BCUT2D eigenvalue weighted by Gasteiger charge is 2.05. The zero-order valence-electron chi connectivity index (χ0n) is 13.2. The molecule has 1 unspecified atom stereocenters. The van der Waals surface area contributed by atoms with Gasteiger partial charge in [0.25, 0.3) is 0 Å². The molecule has 2 aromatic heterocycles. The van der Waals surface area contributed by atoms with E-state index in [0.29, 0.717) is 13.2 Å². The van der Waals surface area contributed by atoms with Gasteiger partial charge in [-0.3, -0.25) is 4.99 Å². The van der Waals surface area contributed by atoms with Crippen molar-refractivity contribution in [2.24, 2.45) is 4.99 Å². The van der Waals surface area contributed by atoms with E-state index in [4.69, 9.17) is 4.74 Å². The van der Waals surface area contributed by atoms with Gasteiger partial charge in [0.05, 0.1) is 6.61 Å². The van der Waals surface area contributed by atoms with Crippen LogP contribution in [0, 0.1) is 0 Å². The molecule has 0 radical (unpaired) electrons. The maximum absolute atomic E-state index is 5.11. The molecule has 7 heteroatoms. The molecule has 0 aliphatic rings. The average Bonchev–Trinajstić information content (AvgIpc) is 3.06. The molecular weight excluding hydrogens is 280 g/mol. The van der Waals surface area contributed by atoms with Crippen LogP contribution < -0.4 is 10.6 Å². The third-order valence-electron chi connectivity index (χ3n) is 3.03. The van der Waals surface area contributed by atoms with E-state index in [9.17, 15) is 0 Å². The lowest BCUT2D eigenvalue weighted by atomic mass is 10.2. The fourth-order valence-electron chi connectivity index (χ4n) is 2.01. The minimum Gasteiger partial charge on any atom is -0.383 e. The second kappa shape index (κ2) is 8.14. The summed E-state index contributed by atoms with van der Waals surface area (Å²) >= 11 is 0. The van der Waals surface area contributed by atoms with Crippen molar-refractivity contribution in [3.8, 4) is 5.82 Å². The minimum absolute atomic E-state index is 0.188. The number of methoxy groups -OCH3 is 1. The molecular formula is C15H22N6O. The number of aliphatic imine (C=N–C) groups is 1. The Labute approximate surface area is 130 Å². The summed E-state index contributed by atoms with van der Waals surface area (Å²) in [6, 6.07) is 6.01. The zero-order chi connectivity index (χ0) is 15.8. The summed E-state index contributed by atoms with van der Waals surface area (Å²) in [7, 11) is 3.43. The van der Waals surface area contributed by atoms with Gasteiger partial charge >= 0.3 is 0 Å². The van der Waals surface area contributed by atoms with E-state index in [1.807, 2.05) is 31.3 Å². The van der Waals surface area contributed by atoms with Crippen LogP contribution in [0.4, 0.5) is 0 Å². The van der Waals surface area contributed by atoms with Gasteiger partial charge in [-0.1, -0.05) is 0 Å². The lowest BCUT2D eigenvalue weighted by Gasteiger charge is -2.17. The molecule has 0 aromatic carbocycles. The van der Waals surface area contributed by atoms with Crippen LogP contribution in [0.2, 0.25) is 0 Å². The highest BCUT2D eigenvalue weighted by atomic mass is 16.5. The number of nitrogens with one attached hydrogen (secondary N) is 2. The Kier molecular flexibility index (Phi) is 5.91. The lowest BCUT2D eigenvalue weighted by Crippen LogP contribution is -2.43. The van der Waals surface area contributed by atoms with Crippen molar-refractivity contribution < 1.29 is 4.74 Å². The third-order valence-corrected chi connectivity index (χ3v) is 3.03. The van der Waals surface area contributed by atoms with Crippen molar-refractivity contribution in [3.63, 3.8) is 0 Å². The molecule has 0 saturated heterocycles. The molecule has 118 valence electrons. The summed E-state index contributed by atoms with van der Waals surface area (Å²) in [6.07, 6.45) is 5.37. The van der Waals surface area contributed by atoms with Crippen LogP contribution in [0.1, 0.15) is 12.5 Å². The Hall–Kier alpha value is -2.41. The molecule has 7 nitrogen and oxygen atoms in total. The molecule has 22 heavy (non-hydrogen) atoms. The number of guanidine groups is 1. The van der Waals surface area contributed by atoms with Crippen LogP contribution in [0.15, 0.2) is 41.8 Å². The van der Waals surface area contributed by atoms with Crippen LogP contribution in [-0.2, 0) is 11.3 Å². The van der Waals surface area contributed by atoms with E-state index in [1.54, 1.807) is 31.2 Å². The van der Waals surface area contributed by atoms with Crippen molar-refractivity contribution in [2.75, 3.05) is 20.8 Å². The molecule has 0 bridgehead atoms. The topological polar surface area (TPSA) is 76.4 Å². The van der Waals surface area contributed by atoms with Crippen molar-refractivity contribution in [1.82, 2.24) is 25.4 Å². The second-order valence-electron chi connectivity index (χ2n) is 4.90. The summed E-state index contributed by atoms with van der Waals surface area (Å²) in [5.41, 5.74) is 1.10. The first kappa shape index (κ1) is 16.0. The number of hydrogen-bond donors (Lipinski definition) is 2. The molecule has 2 N–H and O–H groups in total. The highest BCUT2D eigenvalue weighted by molar-refractivity contribution is 5.79. The first-order valence-electron chi connectivity index (χ1n) is 7.14. The first-order valence-corrected chi connectivity index (χ1v) is 7.14. The Bertz CT molecular complexity index is 596. The molecule has 0 fully saturated rings. The van der Waals surface area contributed by atoms with E-state index in [-0.39, 0.29) is 6.04 Å². The predicted octanol–water partition coefficient (Wildman–Crippen LogP) is 0.967. The summed E-state index contributed by atoms with van der Waals surface area (Å²) in [5, 5.41) is 10.7. The molecule has 0 aliphatic heterocycles. The van der Waals surface area contributed by atoms with Crippen LogP contribution >= 0.6 is 0 Å². The van der Waals surface area contributed by atoms with Crippen LogP contribution in [-0.4, -0.2) is 47.5 Å². The molecule has 0 amide bonds. The van der Waals surface area contributed by atoms with E-state index in [2.05, 4.69) is 25.7 Å². The van der Waals surface area contributed by atoms with Gasteiger partial charge in [0, 0.05) is 45.3 Å². The molecule has 2 rings (SSSR count). The first-order chi connectivity index (χ1) is 10.7. The number of hydrogen-bond acceptors (Lipinski definition) is 4. The molecule has 0 spiro atoms. The van der Waals surface area contributed by atoms with Crippen LogP contribution in [0.5, 0.6) is 0 Å². The third kappa shape index (κ3) is 4.56. The fraction of sp³-hybridized carbons (Fsp3) is 0.400. The Balaban J connectivity index is 1.95. The zero-order valence-corrected chi connectivity index (χ0v) is 13.2. The highest BCUT2D eigenvalue weighted by Crippen LogP contribution is 2.05. The fourth-order valence-corrected chi connectivity index (χ4v) is 2.01. The monoisotopic (exact) mass is 302 g/mol. The number of ether oxygens (including phenoxy) is 1. The van der Waals surface area contributed by atoms with Gasteiger partial charge in [-0.25, -0.2) is 9.67 Å². The van der Waals surface area contributed by atoms with Gasteiger partial charge in [0.15, 0.2) is 11.8 Å². The minimum atomic E-state index is 0.188. The Morgan fingerprint density at radius 3 is 3.00 bits per heavy atom. The van der Waals surface area contributed by atoms with E-state index in [0.717, 1.165) is 17.3 Å². The van der Waals surface area contributed by atoms with Gasteiger partial charge in [-0.2, -0.15) is 5.10 Å². The van der Waals surface area contributed by atoms with Gasteiger partial charge in [-0.05, 0) is 30.7 Å². The van der Waals surface area contributed by atoms with Gasteiger partial charge in [-0.15, -0.1) is 0 Å². The normalized spacial score (nSPS) is 13.0. The quantitative estimate of drug-likeness (QED) is 0.614. The molecule has 1 atom stereocenters. The van der Waals surface area contributed by atoms with Crippen molar-refractivity contribution in [1.29, 1.82) is 0 Å². The largest absolute Gasteiger partial charge is 0.383 e. The van der Waals surface area contributed by atoms with Crippen molar-refractivity contribution >= 4 is 5.96 Å². The lowest BCUT2D eigenvalue weighted by molar-refractivity contribution is 0.179. The Morgan fingerprint density at radius 2 is 2.32 bits per heavy atom. The standard InChI is InChI=1S/C15H22N6O/c1-12(11-22-3)20-15(16-2)18-10-13-5-7-17-14(9-13)21-8-4-6-19-21/h4-9,12H,10-11H2,1-3H3,(H2,16,18,20). The summed E-state index contributed by atoms with van der Waals surface area (Å²) in [4.78, 5) is 8.52. The van der Waals surface area contributed by atoms with Crippen LogP contribution in [0.25, 0.3) is 5.82 Å². The van der Waals surface area contributed by atoms with Crippen molar-refractivity contribution in [2.45, 2.75) is 19.5 Å². The smallest absolute Gasteiger partial charge is 0.191 e. The summed E-state index contributed by atoms with van der Waals surface area (Å²) in [6.45, 7) is 3.31. The maximum atomic E-state index is 5.11. The van der Waals surface area contributed by atoms with E-state index >= 15 is 0 Å². The number of nitrogens with zero attached hydrogens (tertiary/aromatic N) is 4. The molecule has 2 heterocycles. The summed E-state index contributed by atoms with van der Waals surface area (Å²) < 4.78 is 6.84. The van der Waals surface area contributed by atoms with E-state index in [1.165, 1.54) is 0 Å².